The molecule has 2 aromatic rings. The van der Waals surface area contributed by atoms with Gasteiger partial charge >= 0.3 is 5.97 Å². The number of methoxy groups -OCH3 is 1. The smallest absolute Gasteiger partial charge is 0.325 e. The number of aromatic nitrogens is 2. The molecule has 0 amide bonds. The first-order valence-electron chi connectivity index (χ1n) is 6.48. The van der Waals surface area contributed by atoms with Gasteiger partial charge in [-0.2, -0.15) is 5.10 Å². The lowest BCUT2D eigenvalue weighted by molar-refractivity contribution is -0.146. The van der Waals surface area contributed by atoms with E-state index in [4.69, 9.17) is 5.73 Å². The summed E-state index contributed by atoms with van der Waals surface area (Å²) in [5, 5.41) is 4.29. The molecule has 2 N–H and O–H groups in total. The van der Waals surface area contributed by atoms with Crippen LogP contribution in [-0.4, -0.2) is 28.4 Å². The summed E-state index contributed by atoms with van der Waals surface area (Å²) in [7, 11) is 1.34. The lowest BCUT2D eigenvalue weighted by atomic mass is 10.00. The van der Waals surface area contributed by atoms with Crippen LogP contribution in [0.1, 0.15) is 13.3 Å². The molecular weight excluding hydrogens is 254 g/mol. The number of rotatable bonds is 5. The minimum atomic E-state index is -0.992. The number of aryl methyl sites for hydroxylation is 1. The molecule has 0 radical (unpaired) electrons. The number of nitrogens with two attached hydrogens (primary N) is 1. The molecule has 0 aliphatic carbocycles. The summed E-state index contributed by atoms with van der Waals surface area (Å²) in [5.74, 6) is -0.409. The minimum Gasteiger partial charge on any atom is -0.468 e. The number of carbonyl (C=O) groups is 1. The summed E-state index contributed by atoms with van der Waals surface area (Å²) >= 11 is 0. The highest BCUT2D eigenvalue weighted by Gasteiger charge is 2.29. The maximum atomic E-state index is 11.5. The number of hydrogen-bond donors (Lipinski definition) is 1. The van der Waals surface area contributed by atoms with Crippen molar-refractivity contribution in [2.75, 3.05) is 7.11 Å². The van der Waals surface area contributed by atoms with Crippen LogP contribution < -0.4 is 5.73 Å². The number of ether oxygens (including phenoxy) is 1. The van der Waals surface area contributed by atoms with Crippen LogP contribution in [0.15, 0.2) is 42.7 Å². The zero-order chi connectivity index (χ0) is 14.6. The second-order valence-corrected chi connectivity index (χ2v) is 5.02. The molecule has 1 aromatic carbocycles. The lowest BCUT2D eigenvalue weighted by Crippen LogP contribution is -2.46. The van der Waals surface area contributed by atoms with Crippen LogP contribution in [-0.2, 0) is 16.1 Å². The van der Waals surface area contributed by atoms with Crippen molar-refractivity contribution in [2.24, 2.45) is 5.73 Å². The fraction of sp³-hybridized carbons (Fsp3) is 0.333. The zero-order valence-electron chi connectivity index (χ0n) is 11.7. The highest BCUT2D eigenvalue weighted by atomic mass is 16.5. The Morgan fingerprint density at radius 2 is 2.05 bits per heavy atom. The van der Waals surface area contributed by atoms with Crippen LogP contribution in [0.25, 0.3) is 11.1 Å². The second-order valence-electron chi connectivity index (χ2n) is 5.02. The average Bonchev–Trinajstić information content (AvgIpc) is 2.94. The van der Waals surface area contributed by atoms with E-state index in [9.17, 15) is 4.79 Å². The molecule has 5 heteroatoms. The van der Waals surface area contributed by atoms with Gasteiger partial charge in [0.15, 0.2) is 0 Å². The van der Waals surface area contributed by atoms with Crippen LogP contribution >= 0.6 is 0 Å². The van der Waals surface area contributed by atoms with Crippen molar-refractivity contribution in [1.29, 1.82) is 0 Å². The van der Waals surface area contributed by atoms with E-state index in [0.29, 0.717) is 13.0 Å². The molecule has 106 valence electrons. The van der Waals surface area contributed by atoms with Gasteiger partial charge in [0.05, 0.1) is 13.3 Å². The van der Waals surface area contributed by atoms with Crippen molar-refractivity contribution in [3.63, 3.8) is 0 Å². The van der Waals surface area contributed by atoms with Crippen molar-refractivity contribution < 1.29 is 9.53 Å². The Morgan fingerprint density at radius 3 is 2.70 bits per heavy atom. The van der Waals surface area contributed by atoms with Gasteiger partial charge in [-0.05, 0) is 18.9 Å². The topological polar surface area (TPSA) is 70.1 Å². The number of hydrogen-bond acceptors (Lipinski definition) is 4. The second kappa shape index (κ2) is 5.88. The van der Waals surface area contributed by atoms with E-state index in [1.807, 2.05) is 36.5 Å². The highest BCUT2D eigenvalue weighted by molar-refractivity contribution is 5.79. The molecule has 0 aliphatic heterocycles. The Kier molecular flexibility index (Phi) is 4.20. The van der Waals surface area contributed by atoms with Crippen LogP contribution in [0.4, 0.5) is 0 Å². The van der Waals surface area contributed by atoms with Crippen LogP contribution in [0.3, 0.4) is 0 Å². The SMILES string of the molecule is COC(=O)C(C)(N)CCn1cc(-c2ccccc2)cn1. The number of carbonyl (C=O) groups excluding carboxylic acids is 1. The fourth-order valence-electron chi connectivity index (χ4n) is 1.95. The molecule has 0 spiro atoms. The van der Waals surface area contributed by atoms with Crippen molar-refractivity contribution in [3.8, 4) is 11.1 Å². The third-order valence-electron chi connectivity index (χ3n) is 3.25. The fourth-order valence-corrected chi connectivity index (χ4v) is 1.95. The molecule has 1 unspecified atom stereocenters. The largest absolute Gasteiger partial charge is 0.468 e. The Balaban J connectivity index is 2.02. The third-order valence-corrected chi connectivity index (χ3v) is 3.25. The Hall–Kier alpha value is -2.14. The van der Waals surface area contributed by atoms with Gasteiger partial charge in [-0.3, -0.25) is 9.48 Å². The molecule has 2 rings (SSSR count). The first-order valence-corrected chi connectivity index (χ1v) is 6.48. The van der Waals surface area contributed by atoms with E-state index in [0.717, 1.165) is 11.1 Å². The van der Waals surface area contributed by atoms with Gasteiger partial charge < -0.3 is 10.5 Å². The Bertz CT molecular complexity index is 576. The van der Waals surface area contributed by atoms with E-state index >= 15 is 0 Å². The zero-order valence-corrected chi connectivity index (χ0v) is 11.7. The summed E-state index contributed by atoms with van der Waals surface area (Å²) in [6.07, 6.45) is 4.22. The van der Waals surface area contributed by atoms with Gasteiger partial charge in [0.1, 0.15) is 5.54 Å². The number of nitrogens with zero attached hydrogens (tertiary/aromatic N) is 2. The molecule has 0 saturated carbocycles. The molecule has 1 atom stereocenters. The predicted octanol–water partition coefficient (Wildman–Crippen LogP) is 1.83. The molecule has 20 heavy (non-hydrogen) atoms. The Morgan fingerprint density at radius 1 is 1.35 bits per heavy atom. The standard InChI is InChI=1S/C15H19N3O2/c1-15(16,14(19)20-2)8-9-18-11-13(10-17-18)12-6-4-3-5-7-12/h3-7,10-11H,8-9,16H2,1-2H3. The summed E-state index contributed by atoms with van der Waals surface area (Å²) in [6, 6.07) is 10.0. The summed E-state index contributed by atoms with van der Waals surface area (Å²) in [4.78, 5) is 11.5. The van der Waals surface area contributed by atoms with E-state index in [-0.39, 0.29) is 0 Å². The van der Waals surface area contributed by atoms with Crippen molar-refractivity contribution >= 4 is 5.97 Å². The number of esters is 1. The van der Waals surface area contributed by atoms with Crippen molar-refractivity contribution in [2.45, 2.75) is 25.4 Å². The van der Waals surface area contributed by atoms with Crippen molar-refractivity contribution in [3.05, 3.63) is 42.7 Å². The lowest BCUT2D eigenvalue weighted by Gasteiger charge is -2.20. The molecule has 1 aromatic heterocycles. The molecule has 0 bridgehead atoms. The van der Waals surface area contributed by atoms with Gasteiger partial charge in [0.2, 0.25) is 0 Å². The van der Waals surface area contributed by atoms with E-state index in [1.165, 1.54) is 7.11 Å². The first-order chi connectivity index (χ1) is 9.53. The van der Waals surface area contributed by atoms with E-state index in [2.05, 4.69) is 9.84 Å². The average molecular weight is 273 g/mol. The number of benzene rings is 1. The molecular formula is C15H19N3O2. The van der Waals surface area contributed by atoms with Gasteiger partial charge in [0, 0.05) is 18.3 Å². The van der Waals surface area contributed by atoms with Gasteiger partial charge in [0.25, 0.3) is 0 Å². The monoisotopic (exact) mass is 273 g/mol. The summed E-state index contributed by atoms with van der Waals surface area (Å²) < 4.78 is 6.47. The summed E-state index contributed by atoms with van der Waals surface area (Å²) in [6.45, 7) is 2.23. The van der Waals surface area contributed by atoms with Gasteiger partial charge in [-0.1, -0.05) is 30.3 Å². The molecule has 0 fully saturated rings. The maximum Gasteiger partial charge on any atom is 0.325 e. The minimum absolute atomic E-state index is 0.409. The van der Waals surface area contributed by atoms with Gasteiger partial charge in [-0.25, -0.2) is 0 Å². The van der Waals surface area contributed by atoms with Gasteiger partial charge in [-0.15, -0.1) is 0 Å². The first kappa shape index (κ1) is 14.3. The highest BCUT2D eigenvalue weighted by Crippen LogP contribution is 2.18. The van der Waals surface area contributed by atoms with Crippen LogP contribution in [0.5, 0.6) is 0 Å². The Labute approximate surface area is 118 Å². The van der Waals surface area contributed by atoms with Crippen molar-refractivity contribution in [1.82, 2.24) is 9.78 Å². The quantitative estimate of drug-likeness (QED) is 0.844. The molecule has 1 heterocycles. The van der Waals surface area contributed by atoms with Crippen LogP contribution in [0, 0.1) is 0 Å². The maximum absolute atomic E-state index is 11.5. The molecule has 0 saturated heterocycles. The molecule has 0 aliphatic rings. The summed E-state index contributed by atoms with van der Waals surface area (Å²) in [5.41, 5.74) is 7.09. The van der Waals surface area contributed by atoms with Crippen LogP contribution in [0.2, 0.25) is 0 Å². The third kappa shape index (κ3) is 3.24. The van der Waals surface area contributed by atoms with E-state index in [1.54, 1.807) is 17.8 Å². The van der Waals surface area contributed by atoms with E-state index < -0.39 is 11.5 Å². The normalized spacial score (nSPS) is 13.8. The molecule has 5 nitrogen and oxygen atoms in total. The predicted molar refractivity (Wildman–Crippen MR) is 76.9 cm³/mol.